The molecule has 8 heteroatoms. The smallest absolute Gasteiger partial charge is 0.322 e. The number of imide groups is 1. The Kier molecular flexibility index (Phi) is 3.41. The Morgan fingerprint density at radius 1 is 1.38 bits per heavy atom. The quantitative estimate of drug-likeness (QED) is 0.734. The number of carbonyl (C=O) groups is 3. The van der Waals surface area contributed by atoms with Gasteiger partial charge in [-0.25, -0.2) is 4.79 Å². The van der Waals surface area contributed by atoms with E-state index in [0.717, 1.165) is 4.47 Å². The molecule has 0 radical (unpaired) electrons. The lowest BCUT2D eigenvalue weighted by Crippen LogP contribution is -2.49. The summed E-state index contributed by atoms with van der Waals surface area (Å²) in [5.74, 6) is -0.643. The summed E-state index contributed by atoms with van der Waals surface area (Å²) in [6.45, 7) is 0.529. The molecule has 1 aromatic rings. The second-order valence-corrected chi connectivity index (χ2v) is 6.41. The highest BCUT2D eigenvalue weighted by Gasteiger charge is 2.51. The van der Waals surface area contributed by atoms with E-state index in [1.165, 1.54) is 4.90 Å². The molecule has 1 unspecified atom stereocenters. The fraction of sp³-hybridized carbons (Fsp3) is 0.308. The van der Waals surface area contributed by atoms with Crippen molar-refractivity contribution in [2.75, 3.05) is 13.1 Å². The number of rotatable bonds is 1. The fourth-order valence-electron chi connectivity index (χ4n) is 2.63. The van der Waals surface area contributed by atoms with E-state index in [2.05, 4.69) is 26.6 Å². The Labute approximate surface area is 133 Å². The van der Waals surface area contributed by atoms with E-state index in [1.807, 2.05) is 0 Å². The lowest BCUT2D eigenvalue weighted by Gasteiger charge is -2.21. The highest BCUT2D eigenvalue weighted by molar-refractivity contribution is 9.10. The third-order valence-corrected chi connectivity index (χ3v) is 4.55. The molecule has 0 aliphatic carbocycles. The normalized spacial score (nSPS) is 24.4. The van der Waals surface area contributed by atoms with Gasteiger partial charge in [-0.3, -0.25) is 14.9 Å². The van der Waals surface area contributed by atoms with Gasteiger partial charge in [-0.2, -0.15) is 0 Å². The van der Waals surface area contributed by atoms with Crippen LogP contribution in [0.3, 0.4) is 0 Å². The number of halogens is 2. The SMILES string of the molecule is O=C1NC(=O)C2(CCN(C(=O)c3cc(Br)ccc3Cl)C2)N1. The maximum atomic E-state index is 12.5. The number of nitrogens with one attached hydrogen (secondary N) is 2. The summed E-state index contributed by atoms with van der Waals surface area (Å²) in [5.41, 5.74) is -0.640. The van der Waals surface area contributed by atoms with Crippen LogP contribution in [0, 0.1) is 0 Å². The molecule has 2 N–H and O–H groups in total. The van der Waals surface area contributed by atoms with Crippen LogP contribution in [0.4, 0.5) is 4.79 Å². The van der Waals surface area contributed by atoms with Crippen molar-refractivity contribution in [1.29, 1.82) is 0 Å². The molecule has 110 valence electrons. The Morgan fingerprint density at radius 2 is 2.14 bits per heavy atom. The zero-order valence-corrected chi connectivity index (χ0v) is 13.1. The van der Waals surface area contributed by atoms with Gasteiger partial charge in [-0.15, -0.1) is 0 Å². The van der Waals surface area contributed by atoms with E-state index in [1.54, 1.807) is 18.2 Å². The van der Waals surface area contributed by atoms with Gasteiger partial charge in [0.05, 0.1) is 17.1 Å². The van der Waals surface area contributed by atoms with E-state index < -0.39 is 11.6 Å². The van der Waals surface area contributed by atoms with Crippen LogP contribution >= 0.6 is 27.5 Å². The van der Waals surface area contributed by atoms with Crippen molar-refractivity contribution in [3.05, 3.63) is 33.3 Å². The number of benzene rings is 1. The first-order valence-electron chi connectivity index (χ1n) is 6.29. The third kappa shape index (κ3) is 2.40. The monoisotopic (exact) mass is 371 g/mol. The van der Waals surface area contributed by atoms with Gasteiger partial charge in [-0.1, -0.05) is 27.5 Å². The molecule has 1 spiro atoms. The number of likely N-dealkylation sites (tertiary alicyclic amines) is 1. The average Bonchev–Trinajstić information content (AvgIpc) is 2.97. The van der Waals surface area contributed by atoms with Crippen LogP contribution in [0.25, 0.3) is 0 Å². The predicted octanol–water partition coefficient (Wildman–Crippen LogP) is 1.53. The molecule has 1 atom stereocenters. The molecular weight excluding hydrogens is 362 g/mol. The predicted molar refractivity (Wildman–Crippen MR) is 79.1 cm³/mol. The molecule has 6 nitrogen and oxygen atoms in total. The second kappa shape index (κ2) is 4.99. The minimum absolute atomic E-state index is 0.145. The summed E-state index contributed by atoms with van der Waals surface area (Å²) < 4.78 is 0.746. The van der Waals surface area contributed by atoms with E-state index in [0.29, 0.717) is 23.6 Å². The Balaban J connectivity index is 1.83. The van der Waals surface area contributed by atoms with E-state index >= 15 is 0 Å². The van der Waals surface area contributed by atoms with Crippen molar-refractivity contribution in [1.82, 2.24) is 15.5 Å². The lowest BCUT2D eigenvalue weighted by molar-refractivity contribution is -0.123. The van der Waals surface area contributed by atoms with E-state index in [9.17, 15) is 14.4 Å². The van der Waals surface area contributed by atoms with E-state index in [4.69, 9.17) is 11.6 Å². The van der Waals surface area contributed by atoms with Crippen molar-refractivity contribution in [3.63, 3.8) is 0 Å². The Hall–Kier alpha value is -1.60. The van der Waals surface area contributed by atoms with Crippen LogP contribution < -0.4 is 10.6 Å². The number of nitrogens with zero attached hydrogens (tertiary/aromatic N) is 1. The zero-order valence-electron chi connectivity index (χ0n) is 10.8. The van der Waals surface area contributed by atoms with E-state index in [-0.39, 0.29) is 18.4 Å². The van der Waals surface area contributed by atoms with Gasteiger partial charge < -0.3 is 10.2 Å². The standard InChI is InChI=1S/C13H11BrClN3O3/c14-7-1-2-9(15)8(5-7)10(19)18-4-3-13(6-18)11(20)16-12(21)17-13/h1-2,5H,3-4,6H2,(H2,16,17,20,21). The van der Waals surface area contributed by atoms with Crippen molar-refractivity contribution in [3.8, 4) is 0 Å². The van der Waals surface area contributed by atoms with Crippen molar-refractivity contribution in [2.45, 2.75) is 12.0 Å². The minimum atomic E-state index is -1.01. The highest BCUT2D eigenvalue weighted by Crippen LogP contribution is 2.28. The first-order valence-corrected chi connectivity index (χ1v) is 7.46. The summed E-state index contributed by atoms with van der Waals surface area (Å²) in [4.78, 5) is 37.2. The zero-order chi connectivity index (χ0) is 15.2. The summed E-state index contributed by atoms with van der Waals surface area (Å²) in [6, 6.07) is 4.50. The first-order chi connectivity index (χ1) is 9.91. The van der Waals surface area contributed by atoms with Crippen LogP contribution in [-0.4, -0.2) is 41.4 Å². The molecule has 2 aliphatic heterocycles. The van der Waals surface area contributed by atoms with Gasteiger partial charge in [0.2, 0.25) is 0 Å². The number of carbonyl (C=O) groups excluding carboxylic acids is 3. The van der Waals surface area contributed by atoms with Gasteiger partial charge in [0, 0.05) is 11.0 Å². The Bertz CT molecular complexity index is 666. The van der Waals surface area contributed by atoms with Crippen LogP contribution in [0.1, 0.15) is 16.8 Å². The Morgan fingerprint density at radius 3 is 2.81 bits per heavy atom. The topological polar surface area (TPSA) is 78.5 Å². The molecule has 0 aromatic heterocycles. The molecule has 2 aliphatic rings. The average molecular weight is 373 g/mol. The van der Waals surface area contributed by atoms with Crippen LogP contribution in [-0.2, 0) is 4.79 Å². The lowest BCUT2D eigenvalue weighted by atomic mass is 9.99. The van der Waals surface area contributed by atoms with Gasteiger partial charge in [0.1, 0.15) is 5.54 Å². The van der Waals surface area contributed by atoms with Gasteiger partial charge >= 0.3 is 6.03 Å². The molecule has 4 amide bonds. The second-order valence-electron chi connectivity index (χ2n) is 5.09. The van der Waals surface area contributed by atoms with Gasteiger partial charge in [0.25, 0.3) is 11.8 Å². The largest absolute Gasteiger partial charge is 0.336 e. The summed E-state index contributed by atoms with van der Waals surface area (Å²) in [6.07, 6.45) is 0.391. The molecule has 1 aromatic carbocycles. The molecule has 0 saturated carbocycles. The number of amides is 4. The van der Waals surface area contributed by atoms with Crippen molar-refractivity contribution in [2.24, 2.45) is 0 Å². The third-order valence-electron chi connectivity index (χ3n) is 3.73. The highest BCUT2D eigenvalue weighted by atomic mass is 79.9. The molecule has 2 saturated heterocycles. The molecule has 3 rings (SSSR count). The maximum absolute atomic E-state index is 12.5. The number of urea groups is 1. The summed E-state index contributed by atoms with van der Waals surface area (Å²) >= 11 is 9.36. The number of hydrogen-bond donors (Lipinski definition) is 2. The van der Waals surface area contributed by atoms with Crippen LogP contribution in [0.5, 0.6) is 0 Å². The fourth-order valence-corrected chi connectivity index (χ4v) is 3.19. The van der Waals surface area contributed by atoms with Gasteiger partial charge in [0.15, 0.2) is 0 Å². The van der Waals surface area contributed by atoms with Crippen LogP contribution in [0.2, 0.25) is 5.02 Å². The summed E-state index contributed by atoms with van der Waals surface area (Å²) in [7, 11) is 0. The molecular formula is C13H11BrClN3O3. The molecule has 2 heterocycles. The van der Waals surface area contributed by atoms with Crippen molar-refractivity contribution < 1.29 is 14.4 Å². The van der Waals surface area contributed by atoms with Crippen LogP contribution in [0.15, 0.2) is 22.7 Å². The summed E-state index contributed by atoms with van der Waals surface area (Å²) in [5, 5.41) is 5.17. The molecule has 0 bridgehead atoms. The van der Waals surface area contributed by atoms with Gasteiger partial charge in [-0.05, 0) is 24.6 Å². The first kappa shape index (κ1) is 14.3. The molecule has 21 heavy (non-hydrogen) atoms. The van der Waals surface area contributed by atoms with Crippen molar-refractivity contribution >= 4 is 45.4 Å². The number of hydrogen-bond acceptors (Lipinski definition) is 3. The maximum Gasteiger partial charge on any atom is 0.322 e. The minimum Gasteiger partial charge on any atom is -0.336 e. The molecule has 2 fully saturated rings.